The molecule has 29 heavy (non-hydrogen) atoms. The molecule has 2 aliphatic rings. The fourth-order valence-corrected chi connectivity index (χ4v) is 5.65. The highest BCUT2D eigenvalue weighted by Gasteiger charge is 2.51. The number of hydrogen-bond donors (Lipinski definition) is 1. The van der Waals surface area contributed by atoms with Gasteiger partial charge in [-0.2, -0.15) is 0 Å². The largest absolute Gasteiger partial charge is 0.496 e. The molecule has 1 saturated heterocycles. The Morgan fingerprint density at radius 3 is 2.69 bits per heavy atom. The number of methoxy groups -OCH3 is 1. The van der Waals surface area contributed by atoms with Gasteiger partial charge in [-0.1, -0.05) is 43.5 Å². The molecular formula is C23H28N2O3S. The molecule has 1 atom stereocenters. The first-order valence-corrected chi connectivity index (χ1v) is 11.2. The Morgan fingerprint density at radius 2 is 1.97 bits per heavy atom. The second kappa shape index (κ2) is 8.57. The number of nitrogens with zero attached hydrogens (tertiary/aromatic N) is 1. The summed E-state index contributed by atoms with van der Waals surface area (Å²) < 4.78 is 5.40. The van der Waals surface area contributed by atoms with E-state index >= 15 is 0 Å². The number of thiophene rings is 1. The van der Waals surface area contributed by atoms with Crippen molar-refractivity contribution in [2.45, 2.75) is 38.6 Å². The van der Waals surface area contributed by atoms with Crippen LogP contribution in [0.3, 0.4) is 0 Å². The van der Waals surface area contributed by atoms with Crippen molar-refractivity contribution in [1.82, 2.24) is 10.2 Å². The van der Waals surface area contributed by atoms with Gasteiger partial charge in [0.1, 0.15) is 5.75 Å². The lowest BCUT2D eigenvalue weighted by atomic mass is 9.67. The van der Waals surface area contributed by atoms with E-state index in [1.54, 1.807) is 7.11 Å². The molecule has 5 nitrogen and oxygen atoms in total. The van der Waals surface area contributed by atoms with Crippen LogP contribution in [0.5, 0.6) is 5.75 Å². The molecule has 1 spiro atoms. The monoisotopic (exact) mass is 412 g/mol. The van der Waals surface area contributed by atoms with Crippen LogP contribution in [-0.2, 0) is 11.3 Å². The summed E-state index contributed by atoms with van der Waals surface area (Å²) in [7, 11) is 1.64. The fraction of sp³-hybridized carbons (Fsp3) is 0.478. The predicted octanol–water partition coefficient (Wildman–Crippen LogP) is 4.10. The van der Waals surface area contributed by atoms with E-state index in [9.17, 15) is 9.59 Å². The first-order chi connectivity index (χ1) is 14.1. The number of ether oxygens (including phenoxy) is 1. The minimum atomic E-state index is -0.151. The molecule has 2 heterocycles. The Balaban J connectivity index is 1.50. The van der Waals surface area contributed by atoms with Crippen molar-refractivity contribution in [2.24, 2.45) is 11.3 Å². The molecule has 2 aromatic rings. The van der Waals surface area contributed by atoms with E-state index in [0.717, 1.165) is 41.9 Å². The highest BCUT2D eigenvalue weighted by atomic mass is 32.1. The van der Waals surface area contributed by atoms with Gasteiger partial charge in [0.05, 0.1) is 17.9 Å². The van der Waals surface area contributed by atoms with Crippen molar-refractivity contribution in [3.8, 4) is 5.75 Å². The Morgan fingerprint density at radius 1 is 1.17 bits per heavy atom. The van der Waals surface area contributed by atoms with E-state index in [1.165, 1.54) is 17.8 Å². The van der Waals surface area contributed by atoms with Crippen LogP contribution in [0.15, 0.2) is 41.8 Å². The normalized spacial score (nSPS) is 20.6. The quantitative estimate of drug-likeness (QED) is 0.805. The van der Waals surface area contributed by atoms with Gasteiger partial charge in [-0.3, -0.25) is 9.59 Å². The van der Waals surface area contributed by atoms with E-state index < -0.39 is 0 Å². The topological polar surface area (TPSA) is 58.6 Å². The van der Waals surface area contributed by atoms with Gasteiger partial charge in [0.2, 0.25) is 5.91 Å². The number of likely N-dealkylation sites (tertiary alicyclic amines) is 1. The molecule has 4 rings (SSSR count). The molecule has 6 heteroatoms. The van der Waals surface area contributed by atoms with Crippen molar-refractivity contribution in [3.63, 3.8) is 0 Å². The van der Waals surface area contributed by atoms with E-state index in [4.69, 9.17) is 4.74 Å². The maximum Gasteiger partial charge on any atom is 0.263 e. The van der Waals surface area contributed by atoms with Gasteiger partial charge in [0.25, 0.3) is 5.91 Å². The molecule has 2 fully saturated rings. The van der Waals surface area contributed by atoms with Gasteiger partial charge in [-0.25, -0.2) is 0 Å². The van der Waals surface area contributed by atoms with Crippen LogP contribution < -0.4 is 10.1 Å². The van der Waals surface area contributed by atoms with Crippen molar-refractivity contribution in [3.05, 3.63) is 52.2 Å². The third-order valence-electron chi connectivity index (χ3n) is 6.48. The summed E-state index contributed by atoms with van der Waals surface area (Å²) in [5, 5.41) is 5.05. The van der Waals surface area contributed by atoms with Crippen LogP contribution in [-0.4, -0.2) is 36.9 Å². The number of para-hydroxylation sites is 1. The standard InChI is InChI=1S/C23H28N2O3S/c1-28-19-9-4-3-8-17(19)14-24-21(26)18-15-25(22(27)20-10-7-13-29-20)16-23(18)11-5-2-6-12-23/h3-4,7-10,13,18H,2,5-6,11-12,14-16H2,1H3,(H,24,26). The van der Waals surface area contributed by atoms with Gasteiger partial charge in [0, 0.05) is 30.6 Å². The third-order valence-corrected chi connectivity index (χ3v) is 7.34. The molecule has 1 saturated carbocycles. The number of carbonyl (C=O) groups excluding carboxylic acids is 2. The van der Waals surface area contributed by atoms with E-state index in [2.05, 4.69) is 5.32 Å². The molecule has 1 aliphatic carbocycles. The number of nitrogens with one attached hydrogen (secondary N) is 1. The number of rotatable bonds is 5. The summed E-state index contributed by atoms with van der Waals surface area (Å²) >= 11 is 1.47. The summed E-state index contributed by atoms with van der Waals surface area (Å²) in [6, 6.07) is 11.5. The lowest BCUT2D eigenvalue weighted by Crippen LogP contribution is -2.42. The predicted molar refractivity (Wildman–Crippen MR) is 114 cm³/mol. The second-order valence-corrected chi connectivity index (χ2v) is 9.12. The highest BCUT2D eigenvalue weighted by Crippen LogP contribution is 2.48. The molecule has 0 bridgehead atoms. The highest BCUT2D eigenvalue weighted by molar-refractivity contribution is 7.12. The van der Waals surface area contributed by atoms with Crippen LogP contribution in [0.4, 0.5) is 0 Å². The number of benzene rings is 1. The van der Waals surface area contributed by atoms with Crippen LogP contribution in [0.1, 0.15) is 47.3 Å². The molecule has 1 aromatic heterocycles. The minimum Gasteiger partial charge on any atom is -0.496 e. The van der Waals surface area contributed by atoms with Crippen LogP contribution >= 0.6 is 11.3 Å². The Bertz CT molecular complexity index is 859. The van der Waals surface area contributed by atoms with Crippen molar-refractivity contribution < 1.29 is 14.3 Å². The smallest absolute Gasteiger partial charge is 0.263 e. The summed E-state index contributed by atoms with van der Waals surface area (Å²) in [6.07, 6.45) is 5.53. The van der Waals surface area contributed by atoms with Gasteiger partial charge >= 0.3 is 0 Å². The van der Waals surface area contributed by atoms with Crippen LogP contribution in [0.25, 0.3) is 0 Å². The molecule has 1 aromatic carbocycles. The fourth-order valence-electron chi connectivity index (χ4n) is 4.96. The minimum absolute atomic E-state index is 0.0549. The SMILES string of the molecule is COc1ccccc1CNC(=O)C1CN(C(=O)c2cccs2)CC12CCCCC2. The molecular weight excluding hydrogens is 384 g/mol. The first-order valence-electron chi connectivity index (χ1n) is 10.4. The van der Waals surface area contributed by atoms with Crippen LogP contribution in [0, 0.1) is 11.3 Å². The maximum atomic E-state index is 13.3. The molecule has 1 aliphatic heterocycles. The van der Waals surface area contributed by atoms with E-state index in [1.807, 2.05) is 46.7 Å². The average molecular weight is 413 g/mol. The summed E-state index contributed by atoms with van der Waals surface area (Å²) in [5.41, 5.74) is 0.876. The van der Waals surface area contributed by atoms with Gasteiger partial charge in [-0.15, -0.1) is 11.3 Å². The molecule has 1 N–H and O–H groups in total. The summed E-state index contributed by atoms with van der Waals surface area (Å²) in [4.78, 5) is 28.9. The first kappa shape index (κ1) is 20.0. The second-order valence-electron chi connectivity index (χ2n) is 8.17. The molecule has 0 radical (unpaired) electrons. The maximum absolute atomic E-state index is 13.3. The van der Waals surface area contributed by atoms with Gasteiger partial charge in [-0.05, 0) is 30.4 Å². The van der Waals surface area contributed by atoms with Crippen molar-refractivity contribution in [1.29, 1.82) is 0 Å². The zero-order valence-corrected chi connectivity index (χ0v) is 17.7. The van der Waals surface area contributed by atoms with Crippen molar-refractivity contribution >= 4 is 23.2 Å². The van der Waals surface area contributed by atoms with Gasteiger partial charge in [0.15, 0.2) is 0 Å². The third kappa shape index (κ3) is 4.04. The Hall–Kier alpha value is -2.34. The Labute approximate surface area is 176 Å². The number of carbonyl (C=O) groups is 2. The number of hydrogen-bond acceptors (Lipinski definition) is 4. The summed E-state index contributed by atoms with van der Waals surface area (Å²) in [6.45, 7) is 1.64. The zero-order valence-electron chi connectivity index (χ0n) is 16.9. The molecule has 1 unspecified atom stereocenters. The summed E-state index contributed by atoms with van der Waals surface area (Å²) in [5.74, 6) is 0.742. The lowest BCUT2D eigenvalue weighted by Gasteiger charge is -2.37. The Kier molecular flexibility index (Phi) is 5.90. The van der Waals surface area contributed by atoms with E-state index in [0.29, 0.717) is 19.6 Å². The van der Waals surface area contributed by atoms with Crippen LogP contribution in [0.2, 0.25) is 0 Å². The lowest BCUT2D eigenvalue weighted by molar-refractivity contribution is -0.128. The van der Waals surface area contributed by atoms with E-state index in [-0.39, 0.29) is 23.1 Å². The van der Waals surface area contributed by atoms with Crippen molar-refractivity contribution in [2.75, 3.05) is 20.2 Å². The average Bonchev–Trinajstić information content (AvgIpc) is 3.41. The molecule has 154 valence electrons. The zero-order chi connectivity index (χ0) is 20.3. The molecule has 2 amide bonds. The van der Waals surface area contributed by atoms with Gasteiger partial charge < -0.3 is 15.0 Å². The number of amides is 2.